The molecule has 3 rings (SSSR count). The van der Waals surface area contributed by atoms with E-state index in [2.05, 4.69) is 35.8 Å². The van der Waals surface area contributed by atoms with Crippen molar-refractivity contribution in [2.24, 2.45) is 11.7 Å². The SMILES string of the molecule is Cc1ccc(C(C(C)N)N2CCN(CC3CC3)CC2)s1. The third-order valence-electron chi connectivity index (χ3n) is 4.56. The van der Waals surface area contributed by atoms with Gasteiger partial charge >= 0.3 is 0 Å². The summed E-state index contributed by atoms with van der Waals surface area (Å²) in [6.07, 6.45) is 2.91. The number of hydrogen-bond donors (Lipinski definition) is 1. The molecule has 2 unspecified atom stereocenters. The molecular formula is C16H27N3S. The third kappa shape index (κ3) is 3.42. The molecule has 0 aromatic carbocycles. The largest absolute Gasteiger partial charge is 0.326 e. The first-order chi connectivity index (χ1) is 9.63. The van der Waals surface area contributed by atoms with Crippen molar-refractivity contribution in [3.8, 4) is 0 Å². The number of aryl methyl sites for hydroxylation is 1. The second-order valence-corrected chi connectivity index (χ2v) is 7.85. The van der Waals surface area contributed by atoms with Crippen LogP contribution in [0.4, 0.5) is 0 Å². The maximum Gasteiger partial charge on any atom is 0.0591 e. The Morgan fingerprint density at radius 3 is 2.45 bits per heavy atom. The predicted octanol–water partition coefficient (Wildman–Crippen LogP) is 2.47. The van der Waals surface area contributed by atoms with Gasteiger partial charge in [-0.1, -0.05) is 0 Å². The molecule has 112 valence electrons. The molecule has 1 aliphatic carbocycles. The molecule has 20 heavy (non-hydrogen) atoms. The first-order valence-electron chi connectivity index (χ1n) is 7.92. The average Bonchev–Trinajstić information content (AvgIpc) is 3.13. The van der Waals surface area contributed by atoms with Crippen LogP contribution < -0.4 is 5.73 Å². The fraction of sp³-hybridized carbons (Fsp3) is 0.750. The van der Waals surface area contributed by atoms with E-state index in [4.69, 9.17) is 5.73 Å². The summed E-state index contributed by atoms with van der Waals surface area (Å²) in [6.45, 7) is 10.4. The van der Waals surface area contributed by atoms with Crippen LogP contribution in [0.1, 0.15) is 35.6 Å². The Balaban J connectivity index is 1.61. The van der Waals surface area contributed by atoms with Gasteiger partial charge in [0.25, 0.3) is 0 Å². The summed E-state index contributed by atoms with van der Waals surface area (Å²) in [5.41, 5.74) is 6.29. The topological polar surface area (TPSA) is 32.5 Å². The summed E-state index contributed by atoms with van der Waals surface area (Å²) < 4.78 is 0. The van der Waals surface area contributed by atoms with Crippen molar-refractivity contribution in [3.05, 3.63) is 21.9 Å². The summed E-state index contributed by atoms with van der Waals surface area (Å²) in [4.78, 5) is 8.07. The monoisotopic (exact) mass is 293 g/mol. The summed E-state index contributed by atoms with van der Waals surface area (Å²) in [5.74, 6) is 1.01. The van der Waals surface area contributed by atoms with Gasteiger partial charge in [-0.2, -0.15) is 0 Å². The van der Waals surface area contributed by atoms with Gasteiger partial charge in [0, 0.05) is 48.5 Å². The van der Waals surface area contributed by atoms with Crippen LogP contribution in [-0.2, 0) is 0 Å². The van der Waals surface area contributed by atoms with Crippen LogP contribution in [0.2, 0.25) is 0 Å². The molecule has 0 spiro atoms. The van der Waals surface area contributed by atoms with E-state index in [1.165, 1.54) is 42.2 Å². The quantitative estimate of drug-likeness (QED) is 0.905. The van der Waals surface area contributed by atoms with E-state index in [9.17, 15) is 0 Å². The van der Waals surface area contributed by atoms with Crippen molar-refractivity contribution in [2.45, 2.75) is 38.8 Å². The Morgan fingerprint density at radius 1 is 1.25 bits per heavy atom. The second kappa shape index (κ2) is 6.14. The van der Waals surface area contributed by atoms with Crippen molar-refractivity contribution < 1.29 is 0 Å². The zero-order chi connectivity index (χ0) is 14.1. The van der Waals surface area contributed by atoms with Crippen LogP contribution in [0.15, 0.2) is 12.1 Å². The minimum Gasteiger partial charge on any atom is -0.326 e. The Labute approximate surface area is 126 Å². The number of nitrogens with zero attached hydrogens (tertiary/aromatic N) is 2. The van der Waals surface area contributed by atoms with Crippen LogP contribution >= 0.6 is 11.3 Å². The third-order valence-corrected chi connectivity index (χ3v) is 5.64. The van der Waals surface area contributed by atoms with Crippen LogP contribution in [0, 0.1) is 12.8 Å². The molecule has 1 aromatic heterocycles. The van der Waals surface area contributed by atoms with E-state index < -0.39 is 0 Å². The van der Waals surface area contributed by atoms with E-state index in [1.54, 1.807) is 0 Å². The number of piperazine rings is 1. The van der Waals surface area contributed by atoms with E-state index >= 15 is 0 Å². The average molecular weight is 293 g/mol. The van der Waals surface area contributed by atoms with Crippen molar-refractivity contribution in [2.75, 3.05) is 32.7 Å². The normalized spacial score (nSPS) is 24.8. The molecule has 1 aromatic rings. The van der Waals surface area contributed by atoms with Gasteiger partial charge in [0.15, 0.2) is 0 Å². The first-order valence-corrected chi connectivity index (χ1v) is 8.73. The van der Waals surface area contributed by atoms with E-state index in [0.717, 1.165) is 19.0 Å². The van der Waals surface area contributed by atoms with Crippen molar-refractivity contribution in [3.63, 3.8) is 0 Å². The van der Waals surface area contributed by atoms with Gasteiger partial charge in [0.1, 0.15) is 0 Å². The lowest BCUT2D eigenvalue weighted by Gasteiger charge is -2.40. The van der Waals surface area contributed by atoms with Gasteiger partial charge in [-0.25, -0.2) is 0 Å². The van der Waals surface area contributed by atoms with Crippen LogP contribution in [0.5, 0.6) is 0 Å². The van der Waals surface area contributed by atoms with Gasteiger partial charge in [-0.05, 0) is 44.7 Å². The zero-order valence-electron chi connectivity index (χ0n) is 12.7. The summed E-state index contributed by atoms with van der Waals surface area (Å²) in [7, 11) is 0. The molecule has 2 N–H and O–H groups in total. The first kappa shape index (κ1) is 14.5. The van der Waals surface area contributed by atoms with E-state index in [0.29, 0.717) is 6.04 Å². The summed E-state index contributed by atoms with van der Waals surface area (Å²) >= 11 is 1.90. The highest BCUT2D eigenvalue weighted by Gasteiger charge is 2.30. The minimum atomic E-state index is 0.197. The van der Waals surface area contributed by atoms with Crippen molar-refractivity contribution in [1.82, 2.24) is 9.80 Å². The van der Waals surface area contributed by atoms with Gasteiger partial charge in [-0.15, -0.1) is 11.3 Å². The van der Waals surface area contributed by atoms with Gasteiger partial charge in [0.2, 0.25) is 0 Å². The smallest absolute Gasteiger partial charge is 0.0591 e. The van der Waals surface area contributed by atoms with Crippen LogP contribution in [0.25, 0.3) is 0 Å². The molecule has 4 heteroatoms. The number of hydrogen-bond acceptors (Lipinski definition) is 4. The van der Waals surface area contributed by atoms with Gasteiger partial charge in [0.05, 0.1) is 6.04 Å². The Kier molecular flexibility index (Phi) is 4.46. The molecule has 0 radical (unpaired) electrons. The summed E-state index contributed by atoms with van der Waals surface area (Å²) in [5, 5.41) is 0. The molecular weight excluding hydrogens is 266 g/mol. The lowest BCUT2D eigenvalue weighted by atomic mass is 10.1. The van der Waals surface area contributed by atoms with Crippen LogP contribution in [-0.4, -0.2) is 48.6 Å². The molecule has 3 nitrogen and oxygen atoms in total. The highest BCUT2D eigenvalue weighted by molar-refractivity contribution is 7.12. The molecule has 2 atom stereocenters. The van der Waals surface area contributed by atoms with Crippen molar-refractivity contribution in [1.29, 1.82) is 0 Å². The number of rotatable bonds is 5. The highest BCUT2D eigenvalue weighted by atomic mass is 32.1. The standard InChI is InChI=1S/C16H27N3S/c1-12-3-6-15(20-12)16(13(2)17)19-9-7-18(8-10-19)11-14-4-5-14/h3,6,13-14,16H,4-5,7-11,17H2,1-2H3. The molecule has 0 bridgehead atoms. The lowest BCUT2D eigenvalue weighted by Crippen LogP contribution is -2.51. The molecule has 1 saturated carbocycles. The summed E-state index contributed by atoms with van der Waals surface area (Å²) in [6, 6.07) is 5.09. The fourth-order valence-corrected chi connectivity index (χ4v) is 4.40. The molecule has 1 saturated heterocycles. The molecule has 1 aliphatic heterocycles. The Bertz CT molecular complexity index is 431. The molecule has 2 fully saturated rings. The van der Waals surface area contributed by atoms with E-state index in [1.807, 2.05) is 11.3 Å². The Hall–Kier alpha value is -0.420. The fourth-order valence-electron chi connectivity index (χ4n) is 3.27. The number of nitrogens with two attached hydrogens (primary N) is 1. The predicted molar refractivity (Wildman–Crippen MR) is 86.2 cm³/mol. The highest BCUT2D eigenvalue weighted by Crippen LogP contribution is 2.32. The molecule has 0 amide bonds. The maximum atomic E-state index is 6.29. The number of thiophene rings is 1. The van der Waals surface area contributed by atoms with Gasteiger partial charge < -0.3 is 10.6 Å². The van der Waals surface area contributed by atoms with Gasteiger partial charge in [-0.3, -0.25) is 4.90 Å². The lowest BCUT2D eigenvalue weighted by molar-refractivity contribution is 0.0856. The maximum absolute atomic E-state index is 6.29. The second-order valence-electron chi connectivity index (χ2n) is 6.53. The minimum absolute atomic E-state index is 0.197. The molecule has 2 heterocycles. The van der Waals surface area contributed by atoms with E-state index in [-0.39, 0.29) is 6.04 Å². The van der Waals surface area contributed by atoms with Crippen LogP contribution in [0.3, 0.4) is 0 Å². The molecule has 2 aliphatic rings. The zero-order valence-corrected chi connectivity index (χ0v) is 13.5. The van der Waals surface area contributed by atoms with Crippen molar-refractivity contribution >= 4 is 11.3 Å². The Morgan fingerprint density at radius 2 is 1.95 bits per heavy atom.